The summed E-state index contributed by atoms with van der Waals surface area (Å²) >= 11 is 0. The normalized spacial score (nSPS) is 19.4. The average molecular weight is 191 g/mol. The Hall–Kier alpha value is -0.930. The fourth-order valence-electron chi connectivity index (χ4n) is 2.08. The number of nitrogens with zero attached hydrogens (tertiary/aromatic N) is 2. The van der Waals surface area contributed by atoms with Crippen molar-refractivity contribution in [2.24, 2.45) is 5.92 Å². The summed E-state index contributed by atoms with van der Waals surface area (Å²) in [5.41, 5.74) is 1.32. The van der Waals surface area contributed by atoms with Crippen molar-refractivity contribution in [3.63, 3.8) is 0 Å². The van der Waals surface area contributed by atoms with Crippen LogP contribution in [0.2, 0.25) is 0 Å². The predicted molar refractivity (Wildman–Crippen MR) is 57.0 cm³/mol. The standard InChI is InChI=1S/C11H17N3/c1-14(2)11(10-7-13-8-10)9-4-3-5-12-6-9/h3-6,10-11,13H,7-8H2,1-2H3. The van der Waals surface area contributed by atoms with Crippen LogP contribution in [-0.2, 0) is 0 Å². The van der Waals surface area contributed by atoms with Gasteiger partial charge in [0.15, 0.2) is 0 Å². The van der Waals surface area contributed by atoms with Crippen molar-refractivity contribution in [1.29, 1.82) is 0 Å². The van der Waals surface area contributed by atoms with E-state index in [9.17, 15) is 0 Å². The molecule has 0 radical (unpaired) electrons. The predicted octanol–water partition coefficient (Wildman–Crippen LogP) is 0.904. The highest BCUT2D eigenvalue weighted by molar-refractivity contribution is 5.16. The van der Waals surface area contributed by atoms with Crippen LogP contribution in [0.1, 0.15) is 11.6 Å². The molecule has 0 spiro atoms. The smallest absolute Gasteiger partial charge is 0.0409 e. The zero-order valence-corrected chi connectivity index (χ0v) is 8.77. The highest BCUT2D eigenvalue weighted by Crippen LogP contribution is 2.28. The minimum atomic E-state index is 0.505. The second-order valence-corrected chi connectivity index (χ2v) is 4.11. The van der Waals surface area contributed by atoms with Gasteiger partial charge in [-0.15, -0.1) is 0 Å². The molecule has 0 bridgehead atoms. The monoisotopic (exact) mass is 191 g/mol. The van der Waals surface area contributed by atoms with Gasteiger partial charge < -0.3 is 10.2 Å². The van der Waals surface area contributed by atoms with E-state index in [1.54, 1.807) is 0 Å². The lowest BCUT2D eigenvalue weighted by molar-refractivity contribution is 0.160. The fraction of sp³-hybridized carbons (Fsp3) is 0.545. The Balaban J connectivity index is 2.18. The lowest BCUT2D eigenvalue weighted by atomic mass is 9.88. The van der Waals surface area contributed by atoms with E-state index < -0.39 is 0 Å². The highest BCUT2D eigenvalue weighted by atomic mass is 15.1. The van der Waals surface area contributed by atoms with Crippen molar-refractivity contribution in [2.45, 2.75) is 6.04 Å². The summed E-state index contributed by atoms with van der Waals surface area (Å²) in [5.74, 6) is 0.731. The van der Waals surface area contributed by atoms with Gasteiger partial charge in [0.1, 0.15) is 0 Å². The van der Waals surface area contributed by atoms with Crippen LogP contribution in [0.15, 0.2) is 24.5 Å². The van der Waals surface area contributed by atoms with Crippen LogP contribution in [0.4, 0.5) is 0 Å². The maximum atomic E-state index is 4.18. The summed E-state index contributed by atoms with van der Waals surface area (Å²) in [6.45, 7) is 2.25. The number of pyridine rings is 1. The van der Waals surface area contributed by atoms with Crippen LogP contribution in [0.5, 0.6) is 0 Å². The minimum Gasteiger partial charge on any atom is -0.316 e. The maximum Gasteiger partial charge on any atom is 0.0409 e. The van der Waals surface area contributed by atoms with Crippen molar-refractivity contribution < 1.29 is 0 Å². The Morgan fingerprint density at radius 2 is 2.29 bits per heavy atom. The van der Waals surface area contributed by atoms with E-state index in [4.69, 9.17) is 0 Å². The second-order valence-electron chi connectivity index (χ2n) is 4.11. The van der Waals surface area contributed by atoms with E-state index in [-0.39, 0.29) is 0 Å². The van der Waals surface area contributed by atoms with Gasteiger partial charge in [0.25, 0.3) is 0 Å². The molecule has 0 amide bonds. The van der Waals surface area contributed by atoms with Gasteiger partial charge in [0.05, 0.1) is 0 Å². The Bertz CT molecular complexity index is 280. The number of hydrogen-bond acceptors (Lipinski definition) is 3. The molecule has 0 saturated carbocycles. The van der Waals surface area contributed by atoms with Gasteiger partial charge >= 0.3 is 0 Å². The van der Waals surface area contributed by atoms with Gasteiger partial charge in [-0.3, -0.25) is 4.98 Å². The van der Waals surface area contributed by atoms with Crippen molar-refractivity contribution in [1.82, 2.24) is 15.2 Å². The van der Waals surface area contributed by atoms with E-state index in [0.717, 1.165) is 19.0 Å². The van der Waals surface area contributed by atoms with E-state index in [0.29, 0.717) is 6.04 Å². The van der Waals surface area contributed by atoms with Crippen LogP contribution in [-0.4, -0.2) is 37.1 Å². The zero-order chi connectivity index (χ0) is 9.97. The van der Waals surface area contributed by atoms with Crippen molar-refractivity contribution in [2.75, 3.05) is 27.2 Å². The number of nitrogens with one attached hydrogen (secondary N) is 1. The molecule has 2 heterocycles. The molecule has 1 aromatic heterocycles. The first-order chi connectivity index (χ1) is 6.79. The Morgan fingerprint density at radius 3 is 2.71 bits per heavy atom. The van der Waals surface area contributed by atoms with E-state index >= 15 is 0 Å². The Labute approximate surface area is 85.1 Å². The summed E-state index contributed by atoms with van der Waals surface area (Å²) in [5, 5.41) is 3.32. The zero-order valence-electron chi connectivity index (χ0n) is 8.77. The van der Waals surface area contributed by atoms with E-state index in [1.807, 2.05) is 18.5 Å². The topological polar surface area (TPSA) is 28.2 Å². The highest BCUT2D eigenvalue weighted by Gasteiger charge is 2.29. The molecule has 3 heteroatoms. The summed E-state index contributed by atoms with van der Waals surface area (Å²) in [4.78, 5) is 6.46. The molecule has 1 unspecified atom stereocenters. The van der Waals surface area contributed by atoms with Gasteiger partial charge in [-0.05, 0) is 25.7 Å². The molecule has 1 saturated heterocycles. The molecule has 2 rings (SSSR count). The largest absolute Gasteiger partial charge is 0.316 e. The first-order valence-corrected chi connectivity index (χ1v) is 5.06. The molecule has 1 atom stereocenters. The van der Waals surface area contributed by atoms with Gasteiger partial charge in [-0.2, -0.15) is 0 Å². The number of hydrogen-bond donors (Lipinski definition) is 1. The van der Waals surface area contributed by atoms with Crippen LogP contribution in [0.3, 0.4) is 0 Å². The molecule has 1 aliphatic heterocycles. The summed E-state index contributed by atoms with van der Waals surface area (Å²) in [7, 11) is 4.27. The molecule has 0 aromatic carbocycles. The molecular weight excluding hydrogens is 174 g/mol. The third-order valence-corrected chi connectivity index (χ3v) is 2.84. The second kappa shape index (κ2) is 4.07. The molecule has 76 valence electrons. The van der Waals surface area contributed by atoms with Crippen LogP contribution >= 0.6 is 0 Å². The molecule has 0 aliphatic carbocycles. The van der Waals surface area contributed by atoms with E-state index in [2.05, 4.69) is 35.4 Å². The summed E-state index contributed by atoms with van der Waals surface area (Å²) in [6.07, 6.45) is 3.80. The average Bonchev–Trinajstić information content (AvgIpc) is 2.12. The SMILES string of the molecule is CN(C)C(c1cccnc1)C1CNC1. The molecule has 14 heavy (non-hydrogen) atoms. The van der Waals surface area contributed by atoms with Gasteiger partial charge in [0.2, 0.25) is 0 Å². The molecule has 1 N–H and O–H groups in total. The van der Waals surface area contributed by atoms with Crippen molar-refractivity contribution in [3.8, 4) is 0 Å². The Morgan fingerprint density at radius 1 is 1.50 bits per heavy atom. The minimum absolute atomic E-state index is 0.505. The first kappa shape index (κ1) is 9.62. The third kappa shape index (κ3) is 1.79. The van der Waals surface area contributed by atoms with Crippen molar-refractivity contribution >= 4 is 0 Å². The van der Waals surface area contributed by atoms with Gasteiger partial charge in [0, 0.05) is 37.4 Å². The van der Waals surface area contributed by atoms with E-state index in [1.165, 1.54) is 5.56 Å². The van der Waals surface area contributed by atoms with Crippen LogP contribution in [0.25, 0.3) is 0 Å². The van der Waals surface area contributed by atoms with Gasteiger partial charge in [-0.1, -0.05) is 6.07 Å². The molecule has 1 aliphatic rings. The lowest BCUT2D eigenvalue weighted by Gasteiger charge is -2.38. The molecule has 1 aromatic rings. The van der Waals surface area contributed by atoms with Crippen LogP contribution < -0.4 is 5.32 Å². The number of rotatable bonds is 3. The summed E-state index contributed by atoms with van der Waals surface area (Å²) < 4.78 is 0. The fourth-order valence-corrected chi connectivity index (χ4v) is 2.08. The van der Waals surface area contributed by atoms with Crippen LogP contribution in [0, 0.1) is 5.92 Å². The molecular formula is C11H17N3. The molecule has 3 nitrogen and oxygen atoms in total. The Kier molecular flexibility index (Phi) is 2.79. The quantitative estimate of drug-likeness (QED) is 0.769. The molecule has 1 fully saturated rings. The third-order valence-electron chi connectivity index (χ3n) is 2.84. The lowest BCUT2D eigenvalue weighted by Crippen LogP contribution is -2.48. The summed E-state index contributed by atoms with van der Waals surface area (Å²) in [6, 6.07) is 4.68. The maximum absolute atomic E-state index is 4.18. The van der Waals surface area contributed by atoms with Gasteiger partial charge in [-0.25, -0.2) is 0 Å². The first-order valence-electron chi connectivity index (χ1n) is 5.06. The van der Waals surface area contributed by atoms with Crippen molar-refractivity contribution in [3.05, 3.63) is 30.1 Å². The number of aromatic nitrogens is 1.